The van der Waals surface area contributed by atoms with Gasteiger partial charge in [0.2, 0.25) is 0 Å². The molecule has 1 atom stereocenters. The quantitative estimate of drug-likeness (QED) is 0.413. The summed E-state index contributed by atoms with van der Waals surface area (Å²) in [6, 6.07) is 0. The smallest absolute Gasteiger partial charge is 0.550 e. The largest absolute Gasteiger partial charge is 1.00 e. The summed E-state index contributed by atoms with van der Waals surface area (Å²) in [4.78, 5) is 19.7. The Hall–Kier alpha value is 0.0948. The molecular weight excluding hydrogens is 154 g/mol. The van der Waals surface area contributed by atoms with Crippen LogP contribution in [0.2, 0.25) is 0 Å². The van der Waals surface area contributed by atoms with Crippen LogP contribution in [0.25, 0.3) is 0 Å². The minimum absolute atomic E-state index is 0. The molecule has 0 aromatic carbocycles. The second-order valence-electron chi connectivity index (χ2n) is 2.11. The van der Waals surface area contributed by atoms with Gasteiger partial charge in [-0.25, -0.2) is 0 Å². The predicted octanol–water partition coefficient (Wildman–Crippen LogP) is -9.36. The van der Waals surface area contributed by atoms with Crippen molar-refractivity contribution in [1.29, 1.82) is 0 Å². The molecule has 0 aliphatic rings. The zero-order chi connectivity index (χ0) is 8.36. The van der Waals surface area contributed by atoms with Crippen LogP contribution in [0.5, 0.6) is 0 Å². The zero-order valence-electron chi connectivity index (χ0n) is 7.29. The van der Waals surface area contributed by atoms with Crippen molar-refractivity contribution in [1.82, 2.24) is 0 Å². The second-order valence-corrected chi connectivity index (χ2v) is 2.11. The number of carboxylic acids is 2. The summed E-state index contributed by atoms with van der Waals surface area (Å²) < 4.78 is 0. The Morgan fingerprint density at radius 2 is 1.67 bits per heavy atom. The molecule has 0 amide bonds. The fourth-order valence-electron chi connectivity index (χ4n) is 0.353. The number of rotatable bonds is 3. The first-order valence-electron chi connectivity index (χ1n) is 2.50. The van der Waals surface area contributed by atoms with Crippen LogP contribution in [0.1, 0.15) is 13.3 Å². The average Bonchev–Trinajstić information content (AvgIpc) is 1.60. The number of aliphatic hydroxyl groups is 1. The molecule has 0 aliphatic heterocycles. The van der Waals surface area contributed by atoms with Crippen LogP contribution in [-0.4, -0.2) is 22.6 Å². The standard InChI is InChI=1S/C5H8O5.2Li/c1-5(10,4(8)9)2-3(6)7;;/h10H,2H2,1H3,(H,6,7)(H,8,9);;/q;2*+1/p-2/t5-;;/m1../s1. The van der Waals surface area contributed by atoms with Crippen molar-refractivity contribution >= 4 is 11.9 Å². The van der Waals surface area contributed by atoms with Crippen LogP contribution < -0.4 is 47.9 Å². The van der Waals surface area contributed by atoms with E-state index < -0.39 is 24.0 Å². The molecule has 0 aliphatic carbocycles. The van der Waals surface area contributed by atoms with E-state index in [1.165, 1.54) is 0 Å². The van der Waals surface area contributed by atoms with Crippen molar-refractivity contribution in [3.63, 3.8) is 0 Å². The minimum atomic E-state index is -2.33. The fourth-order valence-corrected chi connectivity index (χ4v) is 0.353. The molecule has 0 heterocycles. The topological polar surface area (TPSA) is 100 Å². The number of hydrogen-bond donors (Lipinski definition) is 1. The van der Waals surface area contributed by atoms with E-state index in [-0.39, 0.29) is 37.7 Å². The van der Waals surface area contributed by atoms with E-state index in [0.29, 0.717) is 0 Å². The van der Waals surface area contributed by atoms with Crippen LogP contribution in [0, 0.1) is 0 Å². The van der Waals surface area contributed by atoms with Gasteiger partial charge in [0.1, 0.15) is 5.60 Å². The zero-order valence-corrected chi connectivity index (χ0v) is 7.29. The molecule has 1 N–H and O–H groups in total. The van der Waals surface area contributed by atoms with Crippen molar-refractivity contribution in [3.8, 4) is 0 Å². The van der Waals surface area contributed by atoms with E-state index >= 15 is 0 Å². The van der Waals surface area contributed by atoms with E-state index in [4.69, 9.17) is 5.11 Å². The Morgan fingerprint density at radius 1 is 1.33 bits per heavy atom. The summed E-state index contributed by atoms with van der Waals surface area (Å²) in [6.45, 7) is 0.831. The van der Waals surface area contributed by atoms with Gasteiger partial charge in [-0.1, -0.05) is 0 Å². The Bertz CT molecular complexity index is 167. The van der Waals surface area contributed by atoms with Gasteiger partial charge >= 0.3 is 37.7 Å². The van der Waals surface area contributed by atoms with Crippen molar-refractivity contribution in [2.75, 3.05) is 0 Å². The SMILES string of the molecule is C[C@@](O)(CC(=O)[O-])C(=O)[O-].[Li+].[Li+]. The van der Waals surface area contributed by atoms with E-state index in [1.807, 2.05) is 0 Å². The van der Waals surface area contributed by atoms with Gasteiger partial charge < -0.3 is 24.9 Å². The molecule has 12 heavy (non-hydrogen) atoms. The third-order valence-electron chi connectivity index (χ3n) is 0.928. The molecule has 0 saturated carbocycles. The Morgan fingerprint density at radius 3 is 1.75 bits per heavy atom. The van der Waals surface area contributed by atoms with E-state index in [9.17, 15) is 19.8 Å². The third-order valence-corrected chi connectivity index (χ3v) is 0.928. The van der Waals surface area contributed by atoms with Gasteiger partial charge in [0, 0.05) is 12.4 Å². The van der Waals surface area contributed by atoms with Gasteiger partial charge in [0.15, 0.2) is 0 Å². The summed E-state index contributed by atoms with van der Waals surface area (Å²) in [7, 11) is 0. The number of hydrogen-bond acceptors (Lipinski definition) is 5. The maximum absolute atomic E-state index is 9.90. The maximum Gasteiger partial charge on any atom is 1.00 e. The molecule has 58 valence electrons. The Balaban J connectivity index is -0.000000405. The first-order chi connectivity index (χ1) is 4.36. The average molecular weight is 160 g/mol. The molecule has 0 bridgehead atoms. The normalized spacial score (nSPS) is 13.2. The van der Waals surface area contributed by atoms with Crippen molar-refractivity contribution in [2.45, 2.75) is 18.9 Å². The molecule has 0 saturated heterocycles. The number of carboxylic acid groups (broad SMARTS) is 2. The van der Waals surface area contributed by atoms with Gasteiger partial charge in [-0.2, -0.15) is 0 Å². The first-order valence-corrected chi connectivity index (χ1v) is 2.50. The molecule has 0 fully saturated rings. The molecule has 5 nitrogen and oxygen atoms in total. The van der Waals surface area contributed by atoms with Crippen LogP contribution in [0.3, 0.4) is 0 Å². The monoisotopic (exact) mass is 160 g/mol. The summed E-state index contributed by atoms with van der Waals surface area (Å²) >= 11 is 0. The molecule has 0 unspecified atom stereocenters. The Labute approximate surface area is 93.5 Å². The molecule has 0 spiro atoms. The second kappa shape index (κ2) is 6.59. The van der Waals surface area contributed by atoms with Gasteiger partial charge in [-0.3, -0.25) is 0 Å². The number of aliphatic carboxylic acids is 2. The van der Waals surface area contributed by atoms with Crippen LogP contribution in [-0.2, 0) is 9.59 Å². The summed E-state index contributed by atoms with van der Waals surface area (Å²) in [5, 5.41) is 28.3. The summed E-state index contributed by atoms with van der Waals surface area (Å²) in [6.07, 6.45) is -0.963. The van der Waals surface area contributed by atoms with Gasteiger partial charge in [0.05, 0.1) is 5.97 Å². The maximum atomic E-state index is 9.90. The molecule has 7 heteroatoms. The predicted molar refractivity (Wildman–Crippen MR) is 25.3 cm³/mol. The van der Waals surface area contributed by atoms with Crippen molar-refractivity contribution < 1.29 is 62.6 Å². The first kappa shape index (κ1) is 18.0. The summed E-state index contributed by atoms with van der Waals surface area (Å²) in [5.41, 5.74) is -2.33. The van der Waals surface area contributed by atoms with Gasteiger partial charge in [-0.05, 0) is 6.92 Å². The Kier molecular flexibility index (Phi) is 9.89. The number of carbonyl (C=O) groups is 2. The van der Waals surface area contributed by atoms with Crippen molar-refractivity contribution in [2.24, 2.45) is 0 Å². The molecule has 0 rings (SSSR count). The van der Waals surface area contributed by atoms with Crippen molar-refractivity contribution in [3.05, 3.63) is 0 Å². The van der Waals surface area contributed by atoms with Crippen LogP contribution >= 0.6 is 0 Å². The summed E-state index contributed by atoms with van der Waals surface area (Å²) in [5.74, 6) is -3.45. The third kappa shape index (κ3) is 6.78. The fraction of sp³-hybridized carbons (Fsp3) is 0.600. The van der Waals surface area contributed by atoms with Gasteiger partial charge in [0.25, 0.3) is 0 Å². The van der Waals surface area contributed by atoms with Crippen LogP contribution in [0.15, 0.2) is 0 Å². The van der Waals surface area contributed by atoms with E-state index in [0.717, 1.165) is 6.92 Å². The van der Waals surface area contributed by atoms with E-state index in [2.05, 4.69) is 0 Å². The molecule has 0 radical (unpaired) electrons. The van der Waals surface area contributed by atoms with Gasteiger partial charge in [-0.15, -0.1) is 0 Å². The number of carbonyl (C=O) groups excluding carboxylic acids is 2. The van der Waals surface area contributed by atoms with Crippen LogP contribution in [0.4, 0.5) is 0 Å². The van der Waals surface area contributed by atoms with E-state index in [1.54, 1.807) is 0 Å². The molecular formula is C5H6Li2O5. The minimum Gasteiger partial charge on any atom is -0.550 e. The molecule has 0 aromatic rings. The molecule has 0 aromatic heterocycles.